The van der Waals surface area contributed by atoms with Crippen LogP contribution < -0.4 is 0 Å². The number of carbonyl (C=O) groups is 1. The van der Waals surface area contributed by atoms with Gasteiger partial charge in [0.25, 0.3) is 0 Å². The van der Waals surface area contributed by atoms with Gasteiger partial charge in [0.2, 0.25) is 5.91 Å². The minimum atomic E-state index is -2.84. The molecule has 0 aromatic carbocycles. The van der Waals surface area contributed by atoms with Crippen LogP contribution in [-0.2, 0) is 14.6 Å². The lowest BCUT2D eigenvalue weighted by atomic mass is 10.5. The zero-order valence-corrected chi connectivity index (χ0v) is 7.23. The van der Waals surface area contributed by atoms with Crippen molar-refractivity contribution in [2.75, 3.05) is 24.6 Å². The molecule has 72 valence electrons. The minimum absolute atomic E-state index is 0. The summed E-state index contributed by atoms with van der Waals surface area (Å²) in [6.45, 7) is 2.17. The highest BCUT2D eigenvalue weighted by Gasteiger charge is 2.22. The van der Waals surface area contributed by atoms with Crippen molar-refractivity contribution >= 4 is 15.7 Å². The second-order valence-electron chi connectivity index (χ2n) is 2.66. The zero-order valence-electron chi connectivity index (χ0n) is 6.41. The van der Waals surface area contributed by atoms with Gasteiger partial charge in [-0.1, -0.05) is 7.43 Å². The highest BCUT2D eigenvalue weighted by atomic mass is 32.2. The van der Waals surface area contributed by atoms with Crippen LogP contribution in [0.15, 0.2) is 0 Å². The Hall–Kier alpha value is -0.580. The van der Waals surface area contributed by atoms with Crippen LogP contribution in [-0.4, -0.2) is 43.8 Å². The van der Waals surface area contributed by atoms with Crippen LogP contribution in [0, 0.1) is 0 Å². The Morgan fingerprint density at radius 3 is 2.00 bits per heavy atom. The van der Waals surface area contributed by atoms with E-state index in [2.05, 4.69) is 0 Å². The Kier molecular flexibility index (Phi) is 3.70. The van der Waals surface area contributed by atoms with Crippen LogP contribution in [0.1, 0.15) is 14.4 Å². The fourth-order valence-corrected chi connectivity index (χ4v) is 2.23. The molecule has 1 amide bonds. The molecule has 0 radical (unpaired) electrons. The molecule has 0 unspecified atom stereocenters. The van der Waals surface area contributed by atoms with Gasteiger partial charge in [-0.05, 0) is 0 Å². The molecule has 1 saturated heterocycles. The molecule has 0 aromatic heterocycles. The van der Waals surface area contributed by atoms with Crippen molar-refractivity contribution in [3.63, 3.8) is 0 Å². The van der Waals surface area contributed by atoms with Gasteiger partial charge in [0.1, 0.15) is 0 Å². The highest BCUT2D eigenvalue weighted by Crippen LogP contribution is 2.02. The third kappa shape index (κ3) is 2.81. The summed E-state index contributed by atoms with van der Waals surface area (Å²) in [6.07, 6.45) is 0. The van der Waals surface area contributed by atoms with Gasteiger partial charge < -0.3 is 4.90 Å². The molecule has 0 bridgehead atoms. The lowest BCUT2D eigenvalue weighted by molar-refractivity contribution is -0.128. The maximum atomic E-state index is 10.9. The van der Waals surface area contributed by atoms with Crippen molar-refractivity contribution in [3.8, 4) is 0 Å². The summed E-state index contributed by atoms with van der Waals surface area (Å²) in [5, 5.41) is 0. The van der Waals surface area contributed by atoms with E-state index in [1.807, 2.05) is 0 Å². The van der Waals surface area contributed by atoms with E-state index in [0.29, 0.717) is 13.1 Å². The fourth-order valence-electron chi connectivity index (χ4n) is 1.03. The van der Waals surface area contributed by atoms with Crippen molar-refractivity contribution in [3.05, 3.63) is 0 Å². The predicted molar refractivity (Wildman–Crippen MR) is 47.6 cm³/mol. The summed E-state index contributed by atoms with van der Waals surface area (Å²) in [5.74, 6) is 0.194. The van der Waals surface area contributed by atoms with Gasteiger partial charge in [-0.3, -0.25) is 4.79 Å². The first kappa shape index (κ1) is 11.4. The van der Waals surface area contributed by atoms with Gasteiger partial charge in [-0.25, -0.2) is 8.42 Å². The second kappa shape index (κ2) is 3.89. The molecular weight excluding hydrogens is 178 g/mol. The first-order valence-corrected chi connectivity index (χ1v) is 5.29. The number of nitrogens with zero attached hydrogens (tertiary/aromatic N) is 1. The average molecular weight is 193 g/mol. The molecule has 5 heteroatoms. The monoisotopic (exact) mass is 193 g/mol. The Morgan fingerprint density at radius 2 is 1.67 bits per heavy atom. The number of hydrogen-bond acceptors (Lipinski definition) is 3. The van der Waals surface area contributed by atoms with Crippen molar-refractivity contribution in [1.29, 1.82) is 0 Å². The molecule has 0 aliphatic carbocycles. The molecular formula is C7H15NO3S. The van der Waals surface area contributed by atoms with E-state index >= 15 is 0 Å². The second-order valence-corrected chi connectivity index (χ2v) is 4.96. The van der Waals surface area contributed by atoms with Crippen LogP contribution in [0.2, 0.25) is 0 Å². The molecule has 12 heavy (non-hydrogen) atoms. The SMILES string of the molecule is C.CC(=O)N1CCS(=O)(=O)CC1. The smallest absolute Gasteiger partial charge is 0.219 e. The van der Waals surface area contributed by atoms with Gasteiger partial charge >= 0.3 is 0 Å². The molecule has 1 aliphatic rings. The summed E-state index contributed by atoms with van der Waals surface area (Å²) >= 11 is 0. The van der Waals surface area contributed by atoms with E-state index in [0.717, 1.165) is 0 Å². The average Bonchev–Trinajstić information content (AvgIpc) is 1.86. The molecule has 0 saturated carbocycles. The number of hydrogen-bond donors (Lipinski definition) is 0. The van der Waals surface area contributed by atoms with Gasteiger partial charge in [0.15, 0.2) is 9.84 Å². The molecule has 0 N–H and O–H groups in total. The largest absolute Gasteiger partial charge is 0.341 e. The van der Waals surface area contributed by atoms with E-state index in [1.165, 1.54) is 6.92 Å². The fraction of sp³-hybridized carbons (Fsp3) is 0.857. The molecule has 1 rings (SSSR count). The summed E-state index contributed by atoms with van der Waals surface area (Å²) in [7, 11) is -2.84. The van der Waals surface area contributed by atoms with Gasteiger partial charge in [-0.15, -0.1) is 0 Å². The van der Waals surface area contributed by atoms with Crippen molar-refractivity contribution < 1.29 is 13.2 Å². The maximum absolute atomic E-state index is 10.9. The van der Waals surface area contributed by atoms with E-state index in [-0.39, 0.29) is 24.8 Å². The van der Waals surface area contributed by atoms with Gasteiger partial charge in [0, 0.05) is 20.0 Å². The van der Waals surface area contributed by atoms with Crippen molar-refractivity contribution in [1.82, 2.24) is 4.90 Å². The standard InChI is InChI=1S/C6H11NO3S.CH4/c1-6(8)7-2-4-11(9,10)5-3-7;/h2-5H2,1H3;1H4. The van der Waals surface area contributed by atoms with Crippen LogP contribution in [0.4, 0.5) is 0 Å². The van der Waals surface area contributed by atoms with Crippen molar-refractivity contribution in [2.24, 2.45) is 0 Å². The van der Waals surface area contributed by atoms with Crippen LogP contribution in [0.5, 0.6) is 0 Å². The van der Waals surface area contributed by atoms with Crippen LogP contribution in [0.25, 0.3) is 0 Å². The van der Waals surface area contributed by atoms with Gasteiger partial charge in [-0.2, -0.15) is 0 Å². The molecule has 1 aliphatic heterocycles. The maximum Gasteiger partial charge on any atom is 0.219 e. The summed E-state index contributed by atoms with van der Waals surface area (Å²) < 4.78 is 21.8. The number of amides is 1. The molecule has 0 aromatic rings. The number of rotatable bonds is 0. The molecule has 4 nitrogen and oxygen atoms in total. The Bertz CT molecular complexity index is 244. The number of sulfone groups is 1. The first-order valence-electron chi connectivity index (χ1n) is 3.47. The van der Waals surface area contributed by atoms with Gasteiger partial charge in [0.05, 0.1) is 11.5 Å². The third-order valence-electron chi connectivity index (χ3n) is 1.79. The lowest BCUT2D eigenvalue weighted by Gasteiger charge is -2.25. The van der Waals surface area contributed by atoms with E-state index < -0.39 is 9.84 Å². The van der Waals surface area contributed by atoms with Crippen molar-refractivity contribution in [2.45, 2.75) is 14.4 Å². The van der Waals surface area contributed by atoms with Crippen LogP contribution in [0.3, 0.4) is 0 Å². The highest BCUT2D eigenvalue weighted by molar-refractivity contribution is 7.91. The first-order chi connectivity index (χ1) is 5.01. The Morgan fingerprint density at radius 1 is 1.25 bits per heavy atom. The number of carbonyl (C=O) groups excluding carboxylic acids is 1. The van der Waals surface area contributed by atoms with Crippen LogP contribution >= 0.6 is 0 Å². The minimum Gasteiger partial charge on any atom is -0.341 e. The lowest BCUT2D eigenvalue weighted by Crippen LogP contribution is -2.42. The molecule has 0 spiro atoms. The summed E-state index contributed by atoms with van der Waals surface area (Å²) in [6, 6.07) is 0. The van der Waals surface area contributed by atoms with E-state index in [1.54, 1.807) is 4.90 Å². The third-order valence-corrected chi connectivity index (χ3v) is 3.40. The quantitative estimate of drug-likeness (QED) is 0.540. The molecule has 1 heterocycles. The zero-order chi connectivity index (χ0) is 8.48. The van der Waals surface area contributed by atoms with E-state index in [9.17, 15) is 13.2 Å². The normalized spacial score (nSPS) is 21.2. The van der Waals surface area contributed by atoms with E-state index in [4.69, 9.17) is 0 Å². The molecule has 1 fully saturated rings. The summed E-state index contributed by atoms with van der Waals surface area (Å²) in [5.41, 5.74) is 0. The molecule has 0 atom stereocenters. The predicted octanol–water partition coefficient (Wildman–Crippen LogP) is -0.101. The topological polar surface area (TPSA) is 54.5 Å². The Balaban J connectivity index is 0.00000121. The Labute approximate surface area is 73.5 Å². The summed E-state index contributed by atoms with van der Waals surface area (Å²) in [4.78, 5) is 12.3.